The third-order valence-corrected chi connectivity index (χ3v) is 6.66. The van der Waals surface area contributed by atoms with Gasteiger partial charge < -0.3 is 14.2 Å². The van der Waals surface area contributed by atoms with Crippen LogP contribution in [0.1, 0.15) is 103 Å². The van der Waals surface area contributed by atoms with Crippen molar-refractivity contribution < 1.29 is 14.2 Å². The van der Waals surface area contributed by atoms with Crippen molar-refractivity contribution in [3.05, 3.63) is 48.2 Å². The average molecular weight is 468 g/mol. The van der Waals surface area contributed by atoms with Crippen LogP contribution in [0.4, 0.5) is 0 Å². The van der Waals surface area contributed by atoms with Crippen LogP contribution in [0.5, 0.6) is 5.75 Å². The summed E-state index contributed by atoms with van der Waals surface area (Å²) in [5.74, 6) is 1.44. The number of unbranched alkanes of at least 4 members (excludes halogenated alkanes) is 9. The SMILES string of the molecule is CCCCCCCCCC1COC(c2ccc(-c3ccc(OCCCCCC)cc3)nc2)OC1. The first-order valence-corrected chi connectivity index (χ1v) is 13.7. The van der Waals surface area contributed by atoms with Crippen molar-refractivity contribution in [3.63, 3.8) is 0 Å². The Morgan fingerprint density at radius 2 is 1.41 bits per heavy atom. The molecular weight excluding hydrogens is 422 g/mol. The van der Waals surface area contributed by atoms with E-state index >= 15 is 0 Å². The molecule has 1 aliphatic heterocycles. The molecule has 4 heteroatoms. The molecule has 0 aliphatic carbocycles. The molecule has 4 nitrogen and oxygen atoms in total. The van der Waals surface area contributed by atoms with Gasteiger partial charge in [0, 0.05) is 23.2 Å². The first-order valence-electron chi connectivity index (χ1n) is 13.7. The molecule has 34 heavy (non-hydrogen) atoms. The molecule has 2 heterocycles. The minimum absolute atomic E-state index is 0.296. The van der Waals surface area contributed by atoms with Crippen molar-refractivity contribution in [3.8, 4) is 17.0 Å². The largest absolute Gasteiger partial charge is 0.494 e. The monoisotopic (exact) mass is 467 g/mol. The van der Waals surface area contributed by atoms with Crippen LogP contribution in [0.2, 0.25) is 0 Å². The third kappa shape index (κ3) is 9.38. The lowest BCUT2D eigenvalue weighted by molar-refractivity contribution is -0.206. The molecule has 1 fully saturated rings. The molecule has 1 saturated heterocycles. The number of ether oxygens (including phenoxy) is 3. The highest BCUT2D eigenvalue weighted by atomic mass is 16.7. The Morgan fingerprint density at radius 3 is 2.06 bits per heavy atom. The van der Waals surface area contributed by atoms with Crippen LogP contribution in [0.3, 0.4) is 0 Å². The summed E-state index contributed by atoms with van der Waals surface area (Å²) < 4.78 is 17.9. The predicted molar refractivity (Wildman–Crippen MR) is 140 cm³/mol. The number of aromatic nitrogens is 1. The zero-order valence-corrected chi connectivity index (χ0v) is 21.5. The lowest BCUT2D eigenvalue weighted by atomic mass is 10.0. The average Bonchev–Trinajstić information content (AvgIpc) is 2.89. The fourth-order valence-electron chi connectivity index (χ4n) is 4.45. The minimum atomic E-state index is -0.296. The highest BCUT2D eigenvalue weighted by Crippen LogP contribution is 2.28. The van der Waals surface area contributed by atoms with Crippen LogP contribution in [-0.4, -0.2) is 24.8 Å². The summed E-state index contributed by atoms with van der Waals surface area (Å²) in [6, 6.07) is 12.3. The third-order valence-electron chi connectivity index (χ3n) is 6.66. The highest BCUT2D eigenvalue weighted by molar-refractivity contribution is 5.60. The summed E-state index contributed by atoms with van der Waals surface area (Å²) in [4.78, 5) is 4.66. The normalized spacial score (nSPS) is 18.2. The number of rotatable bonds is 16. The van der Waals surface area contributed by atoms with E-state index in [9.17, 15) is 0 Å². The zero-order chi connectivity index (χ0) is 23.8. The van der Waals surface area contributed by atoms with Crippen LogP contribution in [0.25, 0.3) is 11.3 Å². The smallest absolute Gasteiger partial charge is 0.185 e. The summed E-state index contributed by atoms with van der Waals surface area (Å²) in [5.41, 5.74) is 3.03. The van der Waals surface area contributed by atoms with Crippen molar-refractivity contribution in [1.82, 2.24) is 4.98 Å². The Kier molecular flexibility index (Phi) is 12.5. The summed E-state index contributed by atoms with van der Waals surface area (Å²) >= 11 is 0. The Balaban J connectivity index is 1.36. The van der Waals surface area contributed by atoms with Gasteiger partial charge in [-0.3, -0.25) is 4.98 Å². The van der Waals surface area contributed by atoms with Crippen molar-refractivity contribution in [2.45, 2.75) is 97.2 Å². The van der Waals surface area contributed by atoms with Gasteiger partial charge in [0.15, 0.2) is 6.29 Å². The van der Waals surface area contributed by atoms with Gasteiger partial charge in [0.2, 0.25) is 0 Å². The van der Waals surface area contributed by atoms with Crippen molar-refractivity contribution in [2.75, 3.05) is 19.8 Å². The second kappa shape index (κ2) is 15.9. The standard InChI is InChI=1S/C30H45NO3/c1-3-5-7-9-10-11-12-14-25-23-33-30(34-24-25)27-17-20-29(31-22-27)26-15-18-28(19-16-26)32-21-13-8-6-4-2/h15-20,22,25,30H,3-14,21,23-24H2,1-2H3. The van der Waals surface area contributed by atoms with Crippen LogP contribution < -0.4 is 4.74 Å². The summed E-state index contributed by atoms with van der Waals surface area (Å²) in [6.07, 6.45) is 17.1. The zero-order valence-electron chi connectivity index (χ0n) is 21.5. The van der Waals surface area contributed by atoms with Gasteiger partial charge in [0.25, 0.3) is 0 Å². The molecule has 1 aromatic heterocycles. The molecule has 3 rings (SSSR count). The quantitative estimate of drug-likeness (QED) is 0.232. The van der Waals surface area contributed by atoms with E-state index in [1.54, 1.807) is 0 Å². The molecular formula is C30H45NO3. The van der Waals surface area contributed by atoms with Gasteiger partial charge in [-0.15, -0.1) is 0 Å². The van der Waals surface area contributed by atoms with E-state index in [1.807, 2.05) is 24.4 Å². The molecule has 0 atom stereocenters. The molecule has 0 amide bonds. The van der Waals surface area contributed by atoms with Crippen LogP contribution in [0, 0.1) is 5.92 Å². The number of pyridine rings is 1. The summed E-state index contributed by atoms with van der Waals surface area (Å²) in [6.45, 7) is 6.84. The molecule has 0 unspecified atom stereocenters. The van der Waals surface area contributed by atoms with Crippen molar-refractivity contribution >= 4 is 0 Å². The summed E-state index contributed by atoms with van der Waals surface area (Å²) in [5, 5.41) is 0. The second-order valence-corrected chi connectivity index (χ2v) is 9.68. The van der Waals surface area contributed by atoms with Gasteiger partial charge in [-0.2, -0.15) is 0 Å². The highest BCUT2D eigenvalue weighted by Gasteiger charge is 2.23. The summed E-state index contributed by atoms with van der Waals surface area (Å²) in [7, 11) is 0. The fraction of sp³-hybridized carbons (Fsp3) is 0.633. The molecule has 1 aromatic carbocycles. The molecule has 2 aromatic rings. The Hall–Kier alpha value is -1.91. The number of benzene rings is 1. The second-order valence-electron chi connectivity index (χ2n) is 9.68. The number of hydrogen-bond acceptors (Lipinski definition) is 4. The van der Waals surface area contributed by atoms with E-state index in [0.29, 0.717) is 5.92 Å². The molecule has 0 spiro atoms. The van der Waals surface area contributed by atoms with Crippen molar-refractivity contribution in [1.29, 1.82) is 0 Å². The minimum Gasteiger partial charge on any atom is -0.494 e. The van der Waals surface area contributed by atoms with Crippen molar-refractivity contribution in [2.24, 2.45) is 5.92 Å². The van der Waals surface area contributed by atoms with Crippen LogP contribution >= 0.6 is 0 Å². The van der Waals surface area contributed by atoms with E-state index in [4.69, 9.17) is 14.2 Å². The van der Waals surface area contributed by atoms with Gasteiger partial charge >= 0.3 is 0 Å². The number of nitrogens with zero attached hydrogens (tertiary/aromatic N) is 1. The lowest BCUT2D eigenvalue weighted by Gasteiger charge is -2.29. The Morgan fingerprint density at radius 1 is 0.765 bits per heavy atom. The number of hydrogen-bond donors (Lipinski definition) is 0. The molecule has 0 radical (unpaired) electrons. The van der Waals surface area contributed by atoms with Gasteiger partial charge in [0.1, 0.15) is 5.75 Å². The Bertz CT molecular complexity index is 767. The molecule has 0 bridgehead atoms. The molecule has 188 valence electrons. The van der Waals surface area contributed by atoms with Crippen LogP contribution in [0.15, 0.2) is 42.6 Å². The molecule has 0 saturated carbocycles. The maximum Gasteiger partial charge on any atom is 0.185 e. The maximum absolute atomic E-state index is 6.03. The topological polar surface area (TPSA) is 40.6 Å². The van der Waals surface area contributed by atoms with E-state index in [-0.39, 0.29) is 6.29 Å². The molecule has 0 N–H and O–H groups in total. The van der Waals surface area contributed by atoms with Gasteiger partial charge in [-0.1, -0.05) is 84.1 Å². The van der Waals surface area contributed by atoms with E-state index < -0.39 is 0 Å². The van der Waals surface area contributed by atoms with Gasteiger partial charge in [-0.05, 0) is 43.2 Å². The maximum atomic E-state index is 6.03. The van der Waals surface area contributed by atoms with E-state index in [0.717, 1.165) is 48.8 Å². The van der Waals surface area contributed by atoms with E-state index in [1.165, 1.54) is 70.6 Å². The van der Waals surface area contributed by atoms with Gasteiger partial charge in [0.05, 0.1) is 25.5 Å². The molecule has 1 aliphatic rings. The lowest BCUT2D eigenvalue weighted by Crippen LogP contribution is -2.27. The fourth-order valence-corrected chi connectivity index (χ4v) is 4.45. The van der Waals surface area contributed by atoms with Gasteiger partial charge in [-0.25, -0.2) is 0 Å². The van der Waals surface area contributed by atoms with E-state index in [2.05, 4.69) is 37.0 Å². The Labute approximate surface area is 207 Å². The predicted octanol–water partition coefficient (Wildman–Crippen LogP) is 8.51. The van der Waals surface area contributed by atoms with Crippen LogP contribution in [-0.2, 0) is 9.47 Å². The first kappa shape index (κ1) is 26.7. The first-order chi connectivity index (χ1) is 16.8.